The highest BCUT2D eigenvalue weighted by molar-refractivity contribution is 6.03. The maximum Gasteiger partial charge on any atom is 0.276 e. The van der Waals surface area contributed by atoms with Gasteiger partial charge in [0.25, 0.3) is 11.5 Å². The van der Waals surface area contributed by atoms with Crippen LogP contribution in [0.1, 0.15) is 26.4 Å². The molecule has 136 valence electrons. The molecule has 0 aliphatic carbocycles. The predicted molar refractivity (Wildman–Crippen MR) is 96.9 cm³/mol. The first kappa shape index (κ1) is 18.0. The molecule has 1 aromatic heterocycles. The Balaban J connectivity index is 1.78. The number of nitrogens with one attached hydrogen (secondary N) is 1. The quantitative estimate of drug-likeness (QED) is 0.718. The van der Waals surface area contributed by atoms with Crippen LogP contribution in [0, 0.1) is 5.82 Å². The van der Waals surface area contributed by atoms with Crippen LogP contribution >= 0.6 is 0 Å². The number of nitrogens with two attached hydrogens (primary N) is 1. The summed E-state index contributed by atoms with van der Waals surface area (Å²) >= 11 is 0. The molecule has 0 fully saturated rings. The minimum Gasteiger partial charge on any atom is -0.366 e. The number of carbonyl (C=O) groups excluding carboxylic acids is 2. The number of primary amides is 1. The lowest BCUT2D eigenvalue weighted by atomic mass is 10.2. The molecular weight excluding hydrogens is 351 g/mol. The van der Waals surface area contributed by atoms with Crippen molar-refractivity contribution in [1.82, 2.24) is 9.78 Å². The Bertz CT molecular complexity index is 1040. The van der Waals surface area contributed by atoms with Gasteiger partial charge in [-0.05, 0) is 48.0 Å². The number of benzene rings is 2. The van der Waals surface area contributed by atoms with Crippen LogP contribution in [0.5, 0.6) is 0 Å². The lowest BCUT2D eigenvalue weighted by molar-refractivity contribution is 0.0997. The van der Waals surface area contributed by atoms with E-state index in [0.29, 0.717) is 16.8 Å². The van der Waals surface area contributed by atoms with Crippen LogP contribution in [0.4, 0.5) is 10.1 Å². The van der Waals surface area contributed by atoms with Gasteiger partial charge in [0, 0.05) is 17.3 Å². The van der Waals surface area contributed by atoms with Crippen molar-refractivity contribution in [2.24, 2.45) is 5.73 Å². The third-order valence-electron chi connectivity index (χ3n) is 3.77. The van der Waals surface area contributed by atoms with Crippen molar-refractivity contribution in [2.75, 3.05) is 5.32 Å². The molecule has 3 N–H and O–H groups in total. The zero-order valence-corrected chi connectivity index (χ0v) is 14.1. The van der Waals surface area contributed by atoms with Gasteiger partial charge in [0.15, 0.2) is 0 Å². The largest absolute Gasteiger partial charge is 0.366 e. The molecule has 0 spiro atoms. The van der Waals surface area contributed by atoms with Crippen LogP contribution in [0.3, 0.4) is 0 Å². The van der Waals surface area contributed by atoms with Gasteiger partial charge in [-0.2, -0.15) is 5.10 Å². The lowest BCUT2D eigenvalue weighted by Crippen LogP contribution is -2.26. The molecule has 3 aromatic rings. The van der Waals surface area contributed by atoms with E-state index in [2.05, 4.69) is 10.4 Å². The van der Waals surface area contributed by atoms with Crippen molar-refractivity contribution in [2.45, 2.75) is 6.54 Å². The summed E-state index contributed by atoms with van der Waals surface area (Å²) < 4.78 is 14.1. The number of anilines is 1. The molecule has 2 amide bonds. The van der Waals surface area contributed by atoms with E-state index in [1.807, 2.05) is 0 Å². The fourth-order valence-electron chi connectivity index (χ4n) is 2.36. The molecule has 1 heterocycles. The first-order valence-corrected chi connectivity index (χ1v) is 7.96. The Kier molecular flexibility index (Phi) is 5.07. The van der Waals surface area contributed by atoms with E-state index in [0.717, 1.165) is 4.68 Å². The summed E-state index contributed by atoms with van der Waals surface area (Å²) in [5.41, 5.74) is 6.26. The molecule has 0 saturated heterocycles. The molecule has 0 aliphatic heterocycles. The number of amides is 2. The number of hydrogen-bond donors (Lipinski definition) is 2. The van der Waals surface area contributed by atoms with E-state index in [4.69, 9.17) is 5.73 Å². The Labute approximate surface area is 153 Å². The number of carbonyl (C=O) groups is 2. The van der Waals surface area contributed by atoms with Crippen LogP contribution in [0.15, 0.2) is 65.5 Å². The first-order chi connectivity index (χ1) is 12.9. The van der Waals surface area contributed by atoms with Gasteiger partial charge in [-0.15, -0.1) is 0 Å². The third kappa shape index (κ3) is 4.43. The van der Waals surface area contributed by atoms with Gasteiger partial charge in [0.1, 0.15) is 11.5 Å². The predicted octanol–water partition coefficient (Wildman–Crippen LogP) is 1.78. The molecule has 8 heteroatoms. The van der Waals surface area contributed by atoms with E-state index in [1.54, 1.807) is 0 Å². The van der Waals surface area contributed by atoms with Crippen molar-refractivity contribution in [3.8, 4) is 0 Å². The molecule has 0 aliphatic rings. The highest BCUT2D eigenvalue weighted by Crippen LogP contribution is 2.10. The second kappa shape index (κ2) is 7.61. The van der Waals surface area contributed by atoms with E-state index < -0.39 is 11.8 Å². The summed E-state index contributed by atoms with van der Waals surface area (Å²) in [6.45, 7) is 0.105. The van der Waals surface area contributed by atoms with Gasteiger partial charge >= 0.3 is 0 Å². The molecule has 7 nitrogen and oxygen atoms in total. The molecule has 0 bridgehead atoms. The topological polar surface area (TPSA) is 107 Å². The molecule has 0 atom stereocenters. The zero-order chi connectivity index (χ0) is 19.4. The van der Waals surface area contributed by atoms with Crippen LogP contribution in [-0.2, 0) is 6.54 Å². The normalized spacial score (nSPS) is 10.4. The van der Waals surface area contributed by atoms with Crippen LogP contribution in [-0.4, -0.2) is 21.6 Å². The van der Waals surface area contributed by atoms with E-state index >= 15 is 0 Å². The molecule has 0 radical (unpaired) electrons. The van der Waals surface area contributed by atoms with Gasteiger partial charge in [0.2, 0.25) is 5.91 Å². The second-order valence-corrected chi connectivity index (χ2v) is 5.74. The highest BCUT2D eigenvalue weighted by atomic mass is 19.1. The molecular formula is C19H15FN4O3. The van der Waals surface area contributed by atoms with Crippen LogP contribution in [0.25, 0.3) is 0 Å². The average molecular weight is 366 g/mol. The van der Waals surface area contributed by atoms with E-state index in [9.17, 15) is 18.8 Å². The Morgan fingerprint density at radius 1 is 1.00 bits per heavy atom. The lowest BCUT2D eigenvalue weighted by Gasteiger charge is -2.08. The summed E-state index contributed by atoms with van der Waals surface area (Å²) in [6, 6.07) is 14.2. The minimum absolute atomic E-state index is 0.0377. The standard InChI is InChI=1S/C19H15FN4O3/c20-14-5-1-12(2-6-14)11-24-17(25)10-9-16(23-24)19(27)22-15-7-3-13(4-8-15)18(21)26/h1-10H,11H2,(H2,21,26)(H,22,27). The van der Waals surface area contributed by atoms with Crippen molar-refractivity contribution >= 4 is 17.5 Å². The van der Waals surface area contributed by atoms with Gasteiger partial charge in [-0.1, -0.05) is 12.1 Å². The van der Waals surface area contributed by atoms with E-state index in [-0.39, 0.29) is 23.6 Å². The Morgan fingerprint density at radius 2 is 1.67 bits per heavy atom. The minimum atomic E-state index is -0.567. The fraction of sp³-hybridized carbons (Fsp3) is 0.0526. The van der Waals surface area contributed by atoms with Crippen LogP contribution in [0.2, 0.25) is 0 Å². The monoisotopic (exact) mass is 366 g/mol. The first-order valence-electron chi connectivity index (χ1n) is 7.96. The van der Waals surface area contributed by atoms with Crippen molar-refractivity contribution in [1.29, 1.82) is 0 Å². The van der Waals surface area contributed by atoms with Gasteiger partial charge < -0.3 is 11.1 Å². The summed E-state index contributed by atoms with van der Waals surface area (Å²) in [4.78, 5) is 35.4. The van der Waals surface area contributed by atoms with Crippen LogP contribution < -0.4 is 16.6 Å². The number of halogens is 1. The highest BCUT2D eigenvalue weighted by Gasteiger charge is 2.11. The molecule has 0 saturated carbocycles. The molecule has 3 rings (SSSR count). The summed E-state index contributed by atoms with van der Waals surface area (Å²) in [6.07, 6.45) is 0. The van der Waals surface area contributed by atoms with Crippen molar-refractivity contribution in [3.63, 3.8) is 0 Å². The number of nitrogens with zero attached hydrogens (tertiary/aromatic N) is 2. The summed E-state index contributed by atoms with van der Waals surface area (Å²) in [5, 5.41) is 6.68. The summed E-state index contributed by atoms with van der Waals surface area (Å²) in [5.74, 6) is -1.47. The zero-order valence-electron chi connectivity index (χ0n) is 14.1. The number of aromatic nitrogens is 2. The molecule has 0 unspecified atom stereocenters. The van der Waals surface area contributed by atoms with Gasteiger partial charge in [0.05, 0.1) is 6.54 Å². The molecule has 2 aromatic carbocycles. The van der Waals surface area contributed by atoms with Crippen molar-refractivity contribution in [3.05, 3.63) is 93.7 Å². The van der Waals surface area contributed by atoms with Gasteiger partial charge in [-0.25, -0.2) is 9.07 Å². The van der Waals surface area contributed by atoms with E-state index in [1.165, 1.54) is 60.7 Å². The molecule has 27 heavy (non-hydrogen) atoms. The summed E-state index contributed by atoms with van der Waals surface area (Å²) in [7, 11) is 0. The second-order valence-electron chi connectivity index (χ2n) is 5.74. The average Bonchev–Trinajstić information content (AvgIpc) is 2.65. The fourth-order valence-corrected chi connectivity index (χ4v) is 2.36. The number of hydrogen-bond acceptors (Lipinski definition) is 4. The SMILES string of the molecule is NC(=O)c1ccc(NC(=O)c2ccc(=O)n(Cc3ccc(F)cc3)n2)cc1. The maximum absolute atomic E-state index is 13.0. The number of rotatable bonds is 5. The Morgan fingerprint density at radius 3 is 2.30 bits per heavy atom. The van der Waals surface area contributed by atoms with Crippen molar-refractivity contribution < 1.29 is 14.0 Å². The van der Waals surface area contributed by atoms with Gasteiger partial charge in [-0.3, -0.25) is 14.4 Å². The maximum atomic E-state index is 13.0. The Hall–Kier alpha value is -3.81. The smallest absolute Gasteiger partial charge is 0.276 e. The third-order valence-corrected chi connectivity index (χ3v) is 3.77.